The first kappa shape index (κ1) is 15.2. The quantitative estimate of drug-likeness (QED) is 0.881. The fourth-order valence-electron chi connectivity index (χ4n) is 2.94. The maximum atomic E-state index is 12.3. The van der Waals surface area contributed by atoms with Gasteiger partial charge in [0.2, 0.25) is 11.8 Å². The number of piperidine rings is 1. The van der Waals surface area contributed by atoms with Crippen LogP contribution < -0.4 is 5.73 Å². The molecule has 5 nitrogen and oxygen atoms in total. The lowest BCUT2D eigenvalue weighted by molar-refractivity contribution is -0.130. The Kier molecular flexibility index (Phi) is 4.37. The van der Waals surface area contributed by atoms with Crippen molar-refractivity contribution >= 4 is 28.8 Å². The van der Waals surface area contributed by atoms with Gasteiger partial charge in [0.25, 0.3) is 0 Å². The van der Waals surface area contributed by atoms with E-state index in [1.807, 2.05) is 30.3 Å². The minimum Gasteiger partial charge on any atom is -0.369 e. The highest BCUT2D eigenvalue weighted by Crippen LogP contribution is 2.19. The molecule has 0 aliphatic carbocycles. The fourth-order valence-corrected chi connectivity index (χ4v) is 2.94. The molecule has 23 heavy (non-hydrogen) atoms. The lowest BCUT2D eigenvalue weighted by Crippen LogP contribution is -2.43. The molecule has 1 aliphatic heterocycles. The molecule has 118 valence electrons. The number of carbonyl (C=O) groups excluding carboxylic acids is 2. The molecule has 1 fully saturated rings. The summed E-state index contributed by atoms with van der Waals surface area (Å²) < 4.78 is 0. The minimum absolute atomic E-state index is 0.0936. The monoisotopic (exact) mass is 309 g/mol. The summed E-state index contributed by atoms with van der Waals surface area (Å²) in [6, 6.07) is 9.74. The molecule has 1 aromatic heterocycles. The number of aromatic nitrogens is 1. The number of fused-ring (bicyclic) bond motifs is 1. The zero-order chi connectivity index (χ0) is 16.2. The van der Waals surface area contributed by atoms with Crippen molar-refractivity contribution < 1.29 is 9.59 Å². The van der Waals surface area contributed by atoms with Gasteiger partial charge in [-0.2, -0.15) is 0 Å². The summed E-state index contributed by atoms with van der Waals surface area (Å²) in [6.07, 6.45) is 6.64. The predicted molar refractivity (Wildman–Crippen MR) is 89.3 cm³/mol. The van der Waals surface area contributed by atoms with E-state index < -0.39 is 0 Å². The number of primary amides is 1. The molecular weight excluding hydrogens is 290 g/mol. The fraction of sp³-hybridized carbons (Fsp3) is 0.278. The van der Waals surface area contributed by atoms with Gasteiger partial charge in [0.15, 0.2) is 0 Å². The summed E-state index contributed by atoms with van der Waals surface area (Å²) >= 11 is 0. The van der Waals surface area contributed by atoms with Gasteiger partial charge < -0.3 is 10.6 Å². The van der Waals surface area contributed by atoms with Crippen LogP contribution in [0.25, 0.3) is 17.0 Å². The molecule has 1 atom stereocenters. The number of rotatable bonds is 3. The summed E-state index contributed by atoms with van der Waals surface area (Å²) in [7, 11) is 0. The molecule has 2 heterocycles. The average Bonchev–Trinajstić information content (AvgIpc) is 2.59. The summed E-state index contributed by atoms with van der Waals surface area (Å²) in [5.74, 6) is -0.658. The largest absolute Gasteiger partial charge is 0.369 e. The molecule has 0 bridgehead atoms. The molecule has 0 spiro atoms. The van der Waals surface area contributed by atoms with Gasteiger partial charge in [-0.25, -0.2) is 0 Å². The number of hydrogen-bond acceptors (Lipinski definition) is 3. The number of benzene rings is 1. The molecule has 0 saturated carbocycles. The van der Waals surface area contributed by atoms with Crippen molar-refractivity contribution in [2.45, 2.75) is 12.8 Å². The Morgan fingerprint density at radius 3 is 2.91 bits per heavy atom. The Morgan fingerprint density at radius 1 is 1.26 bits per heavy atom. The highest BCUT2D eigenvalue weighted by atomic mass is 16.2. The van der Waals surface area contributed by atoms with Gasteiger partial charge >= 0.3 is 0 Å². The normalized spacial score (nSPS) is 18.4. The Bertz CT molecular complexity index is 764. The van der Waals surface area contributed by atoms with Gasteiger partial charge in [0, 0.05) is 36.3 Å². The van der Waals surface area contributed by atoms with E-state index >= 15 is 0 Å². The highest BCUT2D eigenvalue weighted by molar-refractivity contribution is 5.95. The van der Waals surface area contributed by atoms with Gasteiger partial charge in [-0.3, -0.25) is 14.6 Å². The van der Waals surface area contributed by atoms with Gasteiger partial charge in [-0.05, 0) is 25.0 Å². The average molecular weight is 309 g/mol. The lowest BCUT2D eigenvalue weighted by atomic mass is 9.97. The van der Waals surface area contributed by atoms with Gasteiger partial charge in [0.05, 0.1) is 11.4 Å². The van der Waals surface area contributed by atoms with Crippen molar-refractivity contribution in [3.63, 3.8) is 0 Å². The Morgan fingerprint density at radius 2 is 2.09 bits per heavy atom. The number of amides is 2. The van der Waals surface area contributed by atoms with Crippen molar-refractivity contribution in [1.82, 2.24) is 9.88 Å². The molecule has 2 N–H and O–H groups in total. The van der Waals surface area contributed by atoms with Crippen molar-refractivity contribution in [3.05, 3.63) is 48.2 Å². The van der Waals surface area contributed by atoms with Crippen molar-refractivity contribution in [1.29, 1.82) is 0 Å². The maximum absolute atomic E-state index is 12.3. The lowest BCUT2D eigenvalue weighted by Gasteiger charge is -2.30. The molecule has 5 heteroatoms. The molecule has 1 aliphatic rings. The third-order valence-corrected chi connectivity index (χ3v) is 4.20. The van der Waals surface area contributed by atoms with E-state index in [1.54, 1.807) is 23.2 Å². The number of pyridine rings is 1. The smallest absolute Gasteiger partial charge is 0.246 e. The molecule has 3 rings (SSSR count). The first-order valence-corrected chi connectivity index (χ1v) is 7.75. The van der Waals surface area contributed by atoms with Crippen molar-refractivity contribution in [2.24, 2.45) is 11.7 Å². The Hall–Kier alpha value is -2.69. The standard InChI is InChI=1S/C18H19N3O2/c19-18(23)15-7-3-11-21(12-15)16(22)9-8-14-5-1-4-13-6-2-10-20-17(13)14/h1-2,4-6,8-10,15H,3,7,11-12H2,(H2,19,23)/b9-8+. The van der Waals surface area contributed by atoms with Crippen LogP contribution in [-0.4, -0.2) is 34.8 Å². The predicted octanol–water partition coefficient (Wildman–Crippen LogP) is 1.97. The number of para-hydroxylation sites is 1. The molecule has 1 saturated heterocycles. The van der Waals surface area contributed by atoms with E-state index in [4.69, 9.17) is 5.73 Å². The van der Waals surface area contributed by atoms with E-state index in [-0.39, 0.29) is 17.7 Å². The van der Waals surface area contributed by atoms with Crippen molar-refractivity contribution in [3.8, 4) is 0 Å². The van der Waals surface area contributed by atoms with Crippen LogP contribution in [0.15, 0.2) is 42.6 Å². The second-order valence-electron chi connectivity index (χ2n) is 5.78. The second-order valence-corrected chi connectivity index (χ2v) is 5.78. The SMILES string of the molecule is NC(=O)C1CCCN(C(=O)/C=C/c2cccc3cccnc23)C1. The minimum atomic E-state index is -0.329. The molecule has 2 amide bonds. The molecule has 0 radical (unpaired) electrons. The number of likely N-dealkylation sites (tertiary alicyclic amines) is 1. The van der Waals surface area contributed by atoms with E-state index in [0.29, 0.717) is 13.1 Å². The number of hydrogen-bond donors (Lipinski definition) is 1. The Labute approximate surface area is 134 Å². The summed E-state index contributed by atoms with van der Waals surface area (Å²) in [6.45, 7) is 1.08. The first-order chi connectivity index (χ1) is 11.1. The first-order valence-electron chi connectivity index (χ1n) is 7.75. The van der Waals surface area contributed by atoms with E-state index in [9.17, 15) is 9.59 Å². The summed E-state index contributed by atoms with van der Waals surface area (Å²) in [5.41, 5.74) is 7.12. The molecular formula is C18H19N3O2. The number of nitrogens with zero attached hydrogens (tertiary/aromatic N) is 2. The molecule has 2 aromatic rings. The van der Waals surface area contributed by atoms with E-state index in [1.165, 1.54) is 0 Å². The van der Waals surface area contributed by atoms with Crippen LogP contribution >= 0.6 is 0 Å². The Balaban J connectivity index is 1.76. The second kappa shape index (κ2) is 6.60. The summed E-state index contributed by atoms with van der Waals surface area (Å²) in [4.78, 5) is 29.7. The van der Waals surface area contributed by atoms with Crippen LogP contribution in [0.1, 0.15) is 18.4 Å². The van der Waals surface area contributed by atoms with E-state index in [0.717, 1.165) is 29.3 Å². The van der Waals surface area contributed by atoms with E-state index in [2.05, 4.69) is 4.98 Å². The van der Waals surface area contributed by atoms with Crippen LogP contribution in [-0.2, 0) is 9.59 Å². The van der Waals surface area contributed by atoms with Crippen LogP contribution in [0.5, 0.6) is 0 Å². The van der Waals surface area contributed by atoms with Gasteiger partial charge in [0.1, 0.15) is 0 Å². The van der Waals surface area contributed by atoms with Gasteiger partial charge in [-0.15, -0.1) is 0 Å². The zero-order valence-electron chi connectivity index (χ0n) is 12.8. The highest BCUT2D eigenvalue weighted by Gasteiger charge is 2.25. The molecule has 1 unspecified atom stereocenters. The third kappa shape index (κ3) is 3.39. The number of nitrogens with two attached hydrogens (primary N) is 1. The number of carbonyl (C=O) groups is 2. The molecule has 1 aromatic carbocycles. The van der Waals surface area contributed by atoms with Crippen LogP contribution in [0.2, 0.25) is 0 Å². The van der Waals surface area contributed by atoms with Crippen LogP contribution in [0.4, 0.5) is 0 Å². The maximum Gasteiger partial charge on any atom is 0.246 e. The van der Waals surface area contributed by atoms with Crippen molar-refractivity contribution in [2.75, 3.05) is 13.1 Å². The zero-order valence-corrected chi connectivity index (χ0v) is 12.8. The van der Waals surface area contributed by atoms with Gasteiger partial charge in [-0.1, -0.05) is 24.3 Å². The topological polar surface area (TPSA) is 76.3 Å². The third-order valence-electron chi connectivity index (χ3n) is 4.20. The van der Waals surface area contributed by atoms with Crippen LogP contribution in [0, 0.1) is 5.92 Å². The summed E-state index contributed by atoms with van der Waals surface area (Å²) in [5, 5.41) is 1.04. The van der Waals surface area contributed by atoms with Crippen LogP contribution in [0.3, 0.4) is 0 Å².